The number of aliphatic carboxylic acids is 1. The number of thioether (sulfide) groups is 1. The first-order chi connectivity index (χ1) is 16.2. The molecule has 0 bridgehead atoms. The standard InChI is InChI=1S/C25H20F3NO4S/c26-25(27,28)19-9-2-1-7-17(19)14-29-20-10-3-4-11-21(20)34-22(24(29)32)13-16-6-5-8-18(12-16)33-15-23(30)31/h1-12,22H,13-15H2,(H,30,31). The highest BCUT2D eigenvalue weighted by Crippen LogP contribution is 2.42. The van der Waals surface area contributed by atoms with E-state index in [-0.39, 0.29) is 18.0 Å². The van der Waals surface area contributed by atoms with E-state index >= 15 is 0 Å². The third kappa shape index (κ3) is 5.36. The highest BCUT2D eigenvalue weighted by Gasteiger charge is 2.37. The first-order valence-corrected chi connectivity index (χ1v) is 11.3. The van der Waals surface area contributed by atoms with E-state index in [4.69, 9.17) is 9.84 Å². The Morgan fingerprint density at radius 3 is 2.53 bits per heavy atom. The molecule has 9 heteroatoms. The summed E-state index contributed by atoms with van der Waals surface area (Å²) >= 11 is 1.36. The molecule has 1 N–H and O–H groups in total. The normalized spacial score (nSPS) is 15.7. The quantitative estimate of drug-likeness (QED) is 0.482. The molecular weight excluding hydrogens is 467 g/mol. The van der Waals surface area contributed by atoms with Gasteiger partial charge in [-0.15, -0.1) is 11.8 Å². The molecule has 1 heterocycles. The van der Waals surface area contributed by atoms with Gasteiger partial charge in [-0.05, 0) is 47.9 Å². The second kappa shape index (κ2) is 9.80. The molecule has 0 saturated carbocycles. The van der Waals surface area contributed by atoms with Crippen molar-refractivity contribution in [1.82, 2.24) is 0 Å². The SMILES string of the molecule is O=C(O)COc1cccc(CC2Sc3ccccc3N(Cc3ccccc3C(F)(F)F)C2=O)c1. The van der Waals surface area contributed by atoms with Crippen molar-refractivity contribution < 1.29 is 32.6 Å². The van der Waals surface area contributed by atoms with E-state index in [0.29, 0.717) is 17.9 Å². The number of carbonyl (C=O) groups is 2. The van der Waals surface area contributed by atoms with Crippen LogP contribution in [0.2, 0.25) is 0 Å². The molecule has 1 aliphatic heterocycles. The molecule has 176 valence electrons. The Bertz CT molecular complexity index is 1210. The second-order valence-electron chi connectivity index (χ2n) is 7.69. The van der Waals surface area contributed by atoms with Gasteiger partial charge >= 0.3 is 12.1 Å². The van der Waals surface area contributed by atoms with Crippen LogP contribution in [0.3, 0.4) is 0 Å². The summed E-state index contributed by atoms with van der Waals surface area (Å²) in [6, 6.07) is 19.2. The Hall–Kier alpha value is -3.46. The maximum Gasteiger partial charge on any atom is 0.416 e. The smallest absolute Gasteiger partial charge is 0.416 e. The molecule has 0 aromatic heterocycles. The molecule has 1 amide bonds. The van der Waals surface area contributed by atoms with Gasteiger partial charge in [-0.2, -0.15) is 13.2 Å². The molecule has 3 aromatic rings. The molecule has 0 fully saturated rings. The summed E-state index contributed by atoms with van der Waals surface area (Å²) in [6.45, 7) is -0.690. The van der Waals surface area contributed by atoms with Crippen LogP contribution in [0.1, 0.15) is 16.7 Å². The summed E-state index contributed by atoms with van der Waals surface area (Å²) < 4.78 is 45.9. The number of alkyl halides is 3. The van der Waals surface area contributed by atoms with Crippen molar-refractivity contribution >= 4 is 29.3 Å². The number of halogens is 3. The summed E-state index contributed by atoms with van der Waals surface area (Å²) in [6.07, 6.45) is -4.22. The van der Waals surface area contributed by atoms with Gasteiger partial charge < -0.3 is 14.7 Å². The average molecular weight is 487 g/mol. The van der Waals surface area contributed by atoms with Gasteiger partial charge in [-0.25, -0.2) is 4.79 Å². The van der Waals surface area contributed by atoms with Crippen LogP contribution in [0, 0.1) is 0 Å². The number of carboxylic acid groups (broad SMARTS) is 1. The Morgan fingerprint density at radius 1 is 1.03 bits per heavy atom. The minimum Gasteiger partial charge on any atom is -0.482 e. The third-order valence-electron chi connectivity index (χ3n) is 5.30. The minimum absolute atomic E-state index is 0.0212. The lowest BCUT2D eigenvalue weighted by Crippen LogP contribution is -2.41. The highest BCUT2D eigenvalue weighted by molar-refractivity contribution is 8.01. The maximum atomic E-state index is 13.6. The van der Waals surface area contributed by atoms with Crippen LogP contribution in [-0.2, 0) is 28.7 Å². The number of rotatable bonds is 7. The lowest BCUT2D eigenvalue weighted by molar-refractivity contribution is -0.139. The Kier molecular flexibility index (Phi) is 6.83. The van der Waals surface area contributed by atoms with E-state index in [9.17, 15) is 22.8 Å². The predicted molar refractivity (Wildman–Crippen MR) is 122 cm³/mol. The van der Waals surface area contributed by atoms with Gasteiger partial charge in [0.25, 0.3) is 0 Å². The average Bonchev–Trinajstić information content (AvgIpc) is 2.80. The molecule has 34 heavy (non-hydrogen) atoms. The number of benzene rings is 3. The first kappa shape index (κ1) is 23.7. The zero-order valence-corrected chi connectivity index (χ0v) is 18.6. The van der Waals surface area contributed by atoms with Gasteiger partial charge in [0.05, 0.1) is 23.0 Å². The van der Waals surface area contributed by atoms with Gasteiger partial charge in [-0.3, -0.25) is 4.79 Å². The summed E-state index contributed by atoms with van der Waals surface area (Å²) in [5.74, 6) is -1.03. The van der Waals surface area contributed by atoms with Crippen LogP contribution >= 0.6 is 11.8 Å². The molecule has 1 aliphatic rings. The van der Waals surface area contributed by atoms with Crippen molar-refractivity contribution in [2.45, 2.75) is 29.3 Å². The molecule has 5 nitrogen and oxygen atoms in total. The first-order valence-electron chi connectivity index (χ1n) is 10.4. The molecule has 0 saturated heterocycles. The largest absolute Gasteiger partial charge is 0.482 e. The van der Waals surface area contributed by atoms with E-state index in [1.165, 1.54) is 34.9 Å². The summed E-state index contributed by atoms with van der Waals surface area (Å²) in [4.78, 5) is 26.4. The lowest BCUT2D eigenvalue weighted by Gasteiger charge is -2.34. The van der Waals surface area contributed by atoms with Crippen molar-refractivity contribution in [2.24, 2.45) is 0 Å². The van der Waals surface area contributed by atoms with Gasteiger partial charge in [0.1, 0.15) is 5.75 Å². The molecule has 0 spiro atoms. The van der Waals surface area contributed by atoms with E-state index in [1.54, 1.807) is 36.4 Å². The molecule has 1 atom stereocenters. The fourth-order valence-corrected chi connectivity index (χ4v) is 5.06. The third-order valence-corrected chi connectivity index (χ3v) is 6.55. The fraction of sp³-hybridized carbons (Fsp3) is 0.200. The summed E-state index contributed by atoms with van der Waals surface area (Å²) in [7, 11) is 0. The molecule has 0 aliphatic carbocycles. The van der Waals surface area contributed by atoms with Gasteiger partial charge in [-0.1, -0.05) is 42.5 Å². The molecule has 4 rings (SSSR count). The number of amides is 1. The van der Waals surface area contributed by atoms with E-state index in [0.717, 1.165) is 16.5 Å². The van der Waals surface area contributed by atoms with Crippen LogP contribution in [0.25, 0.3) is 0 Å². The van der Waals surface area contributed by atoms with E-state index in [1.807, 2.05) is 12.1 Å². The Labute approximate surface area is 198 Å². The number of hydrogen-bond acceptors (Lipinski definition) is 4. The monoisotopic (exact) mass is 487 g/mol. The number of para-hydroxylation sites is 1. The number of anilines is 1. The number of carboxylic acids is 1. The van der Waals surface area contributed by atoms with E-state index < -0.39 is 29.6 Å². The van der Waals surface area contributed by atoms with Crippen molar-refractivity contribution in [1.29, 1.82) is 0 Å². The van der Waals surface area contributed by atoms with Crippen LogP contribution in [0.5, 0.6) is 5.75 Å². The number of carbonyl (C=O) groups excluding carboxylic acids is 1. The van der Waals surface area contributed by atoms with Crippen molar-refractivity contribution in [3.05, 3.63) is 89.5 Å². The summed E-state index contributed by atoms with van der Waals surface area (Å²) in [5.41, 5.74) is 0.583. The van der Waals surface area contributed by atoms with Crippen LogP contribution in [-0.4, -0.2) is 28.8 Å². The topological polar surface area (TPSA) is 66.8 Å². The zero-order chi connectivity index (χ0) is 24.3. The fourth-order valence-electron chi connectivity index (χ4n) is 3.79. The minimum atomic E-state index is -4.53. The summed E-state index contributed by atoms with van der Waals surface area (Å²) in [5, 5.41) is 8.24. The zero-order valence-electron chi connectivity index (χ0n) is 17.8. The molecule has 3 aromatic carbocycles. The number of hydrogen-bond donors (Lipinski definition) is 1. The molecule has 1 unspecified atom stereocenters. The van der Waals surface area contributed by atoms with Gasteiger partial charge in [0.2, 0.25) is 5.91 Å². The maximum absolute atomic E-state index is 13.6. The van der Waals surface area contributed by atoms with Gasteiger partial charge in [0.15, 0.2) is 6.61 Å². The van der Waals surface area contributed by atoms with Crippen molar-refractivity contribution in [3.8, 4) is 5.75 Å². The van der Waals surface area contributed by atoms with Crippen LogP contribution in [0.15, 0.2) is 77.7 Å². The number of nitrogens with zero attached hydrogens (tertiary/aromatic N) is 1. The van der Waals surface area contributed by atoms with E-state index in [2.05, 4.69) is 0 Å². The second-order valence-corrected chi connectivity index (χ2v) is 8.93. The van der Waals surface area contributed by atoms with Crippen molar-refractivity contribution in [3.63, 3.8) is 0 Å². The van der Waals surface area contributed by atoms with Crippen LogP contribution < -0.4 is 9.64 Å². The lowest BCUT2D eigenvalue weighted by atomic mass is 10.0. The van der Waals surface area contributed by atoms with Gasteiger partial charge in [0, 0.05) is 4.90 Å². The molecule has 0 radical (unpaired) electrons. The number of ether oxygens (including phenoxy) is 1. The molecular formula is C25H20F3NO4S. The highest BCUT2D eigenvalue weighted by atomic mass is 32.2. The number of fused-ring (bicyclic) bond motifs is 1. The Morgan fingerprint density at radius 2 is 1.76 bits per heavy atom. The Balaban J connectivity index is 1.62. The predicted octanol–water partition coefficient (Wildman–Crippen LogP) is 5.42. The van der Waals surface area contributed by atoms with Crippen molar-refractivity contribution in [2.75, 3.05) is 11.5 Å². The van der Waals surface area contributed by atoms with Crippen LogP contribution in [0.4, 0.5) is 18.9 Å².